The molecule has 4 heteroatoms. The molecule has 0 aromatic heterocycles. The Bertz CT molecular complexity index is 166. The van der Waals surface area contributed by atoms with Gasteiger partial charge in [0.15, 0.2) is 0 Å². The summed E-state index contributed by atoms with van der Waals surface area (Å²) in [5, 5.41) is 0.0430. The Hall–Kier alpha value is -0.320. The lowest BCUT2D eigenvalue weighted by molar-refractivity contribution is -0.107. The highest BCUT2D eigenvalue weighted by Gasteiger charge is 2.10. The molecule has 0 amide bonds. The molecule has 1 rings (SSSR count). The second kappa shape index (κ2) is 5.35. The molecule has 1 aliphatic heterocycles. The summed E-state index contributed by atoms with van der Waals surface area (Å²) in [7, 11) is 0. The van der Waals surface area contributed by atoms with E-state index < -0.39 is 0 Å². The van der Waals surface area contributed by atoms with Gasteiger partial charge in [-0.1, -0.05) is 18.3 Å². The summed E-state index contributed by atoms with van der Waals surface area (Å²) >= 11 is 1.30. The van der Waals surface area contributed by atoms with Gasteiger partial charge in [0.05, 0.1) is 19.1 Å². The van der Waals surface area contributed by atoms with Crippen molar-refractivity contribution in [2.75, 3.05) is 32.2 Å². The minimum atomic E-state index is 0.0430. The average molecular weight is 187 g/mol. The van der Waals surface area contributed by atoms with Gasteiger partial charge in [-0.05, 0) is 6.08 Å². The number of hydrogen-bond acceptors (Lipinski definition) is 4. The minimum absolute atomic E-state index is 0.0430. The number of carbonyl (C=O) groups excluding carboxylic acids is 1. The van der Waals surface area contributed by atoms with E-state index in [-0.39, 0.29) is 5.12 Å². The van der Waals surface area contributed by atoms with Crippen LogP contribution in [0.5, 0.6) is 0 Å². The summed E-state index contributed by atoms with van der Waals surface area (Å²) < 4.78 is 5.18. The van der Waals surface area contributed by atoms with Crippen molar-refractivity contribution >= 4 is 16.9 Å². The van der Waals surface area contributed by atoms with E-state index in [1.165, 1.54) is 17.8 Å². The zero-order valence-corrected chi connectivity index (χ0v) is 7.81. The Kier molecular flexibility index (Phi) is 4.35. The Morgan fingerprint density at radius 3 is 2.83 bits per heavy atom. The maximum atomic E-state index is 10.8. The summed E-state index contributed by atoms with van der Waals surface area (Å²) in [4.78, 5) is 13.0. The van der Waals surface area contributed by atoms with Gasteiger partial charge < -0.3 is 4.74 Å². The number of rotatable bonds is 3. The highest BCUT2D eigenvalue weighted by molar-refractivity contribution is 8.13. The minimum Gasteiger partial charge on any atom is -0.379 e. The summed E-state index contributed by atoms with van der Waals surface area (Å²) in [6.45, 7) is 6.83. The molecule has 0 aromatic carbocycles. The number of morpholine rings is 1. The molecule has 0 spiro atoms. The van der Waals surface area contributed by atoms with E-state index in [1.807, 2.05) is 0 Å². The summed E-state index contributed by atoms with van der Waals surface area (Å²) in [5.74, 6) is 0.758. The molecule has 0 bridgehead atoms. The van der Waals surface area contributed by atoms with Crippen LogP contribution in [0.4, 0.5) is 0 Å². The van der Waals surface area contributed by atoms with Crippen LogP contribution in [0.2, 0.25) is 0 Å². The molecule has 0 unspecified atom stereocenters. The molecule has 0 aromatic rings. The molecule has 0 atom stereocenters. The van der Waals surface area contributed by atoms with Crippen molar-refractivity contribution in [2.24, 2.45) is 0 Å². The van der Waals surface area contributed by atoms with Crippen molar-refractivity contribution < 1.29 is 9.53 Å². The monoisotopic (exact) mass is 187 g/mol. The maximum Gasteiger partial charge on any atom is 0.212 e. The van der Waals surface area contributed by atoms with Crippen LogP contribution >= 0.6 is 11.8 Å². The van der Waals surface area contributed by atoms with E-state index in [1.54, 1.807) is 0 Å². The molecular formula is C8H13NO2S. The second-order valence-electron chi connectivity index (χ2n) is 2.53. The fourth-order valence-electron chi connectivity index (χ4n) is 0.944. The van der Waals surface area contributed by atoms with Crippen molar-refractivity contribution in [2.45, 2.75) is 0 Å². The zero-order chi connectivity index (χ0) is 8.81. The van der Waals surface area contributed by atoms with Crippen LogP contribution in [0.3, 0.4) is 0 Å². The van der Waals surface area contributed by atoms with Gasteiger partial charge in [0.1, 0.15) is 0 Å². The Morgan fingerprint density at radius 2 is 2.25 bits per heavy atom. The SMILES string of the molecule is C=CC(=O)SCN1CCOCC1. The first-order valence-electron chi connectivity index (χ1n) is 3.92. The number of thioether (sulfide) groups is 1. The molecule has 1 saturated heterocycles. The van der Waals surface area contributed by atoms with Crippen molar-refractivity contribution in [3.8, 4) is 0 Å². The van der Waals surface area contributed by atoms with Gasteiger partial charge in [-0.15, -0.1) is 0 Å². The van der Waals surface area contributed by atoms with E-state index in [2.05, 4.69) is 11.5 Å². The third-order valence-electron chi connectivity index (χ3n) is 1.66. The third-order valence-corrected chi connectivity index (χ3v) is 2.61. The van der Waals surface area contributed by atoms with Gasteiger partial charge in [0.2, 0.25) is 5.12 Å². The number of nitrogens with zero attached hydrogens (tertiary/aromatic N) is 1. The van der Waals surface area contributed by atoms with Gasteiger partial charge in [0.25, 0.3) is 0 Å². The number of hydrogen-bond donors (Lipinski definition) is 0. The van der Waals surface area contributed by atoms with Crippen LogP contribution in [0, 0.1) is 0 Å². The Morgan fingerprint density at radius 1 is 1.58 bits per heavy atom. The van der Waals surface area contributed by atoms with Gasteiger partial charge in [-0.2, -0.15) is 0 Å². The Balaban J connectivity index is 2.12. The van der Waals surface area contributed by atoms with E-state index in [4.69, 9.17) is 4.74 Å². The lowest BCUT2D eigenvalue weighted by Crippen LogP contribution is -2.36. The van der Waals surface area contributed by atoms with Gasteiger partial charge >= 0.3 is 0 Å². The number of ether oxygens (including phenoxy) is 1. The molecule has 68 valence electrons. The zero-order valence-electron chi connectivity index (χ0n) is 6.99. The molecular weight excluding hydrogens is 174 g/mol. The van der Waals surface area contributed by atoms with Crippen molar-refractivity contribution in [1.29, 1.82) is 0 Å². The van der Waals surface area contributed by atoms with Crippen molar-refractivity contribution in [3.05, 3.63) is 12.7 Å². The second-order valence-corrected chi connectivity index (χ2v) is 3.48. The first-order valence-corrected chi connectivity index (χ1v) is 4.91. The molecule has 0 saturated carbocycles. The smallest absolute Gasteiger partial charge is 0.212 e. The molecule has 0 radical (unpaired) electrons. The van der Waals surface area contributed by atoms with E-state index >= 15 is 0 Å². The summed E-state index contributed by atoms with van der Waals surface area (Å²) in [6.07, 6.45) is 1.35. The molecule has 1 fully saturated rings. The predicted octanol–water partition coefficient (Wildman–Crippen LogP) is 0.722. The largest absolute Gasteiger partial charge is 0.379 e. The normalized spacial score (nSPS) is 19.0. The van der Waals surface area contributed by atoms with Crippen LogP contribution < -0.4 is 0 Å². The quantitative estimate of drug-likeness (QED) is 0.609. The summed E-state index contributed by atoms with van der Waals surface area (Å²) in [5.41, 5.74) is 0. The van der Waals surface area contributed by atoms with E-state index in [0.717, 1.165) is 32.2 Å². The van der Waals surface area contributed by atoms with Gasteiger partial charge in [0, 0.05) is 13.1 Å². The van der Waals surface area contributed by atoms with Crippen LogP contribution in [-0.2, 0) is 9.53 Å². The summed E-state index contributed by atoms with van der Waals surface area (Å²) in [6, 6.07) is 0. The standard InChI is InChI=1S/C8H13NO2S/c1-2-8(10)12-7-9-3-5-11-6-4-9/h2H,1,3-7H2. The number of carbonyl (C=O) groups is 1. The van der Waals surface area contributed by atoms with Crippen LogP contribution in [0.25, 0.3) is 0 Å². The first-order chi connectivity index (χ1) is 5.83. The average Bonchev–Trinajstić information content (AvgIpc) is 2.16. The van der Waals surface area contributed by atoms with Crippen molar-refractivity contribution in [3.63, 3.8) is 0 Å². The lowest BCUT2D eigenvalue weighted by atomic mass is 10.5. The fourth-order valence-corrected chi connectivity index (χ4v) is 1.63. The first kappa shape index (κ1) is 9.77. The molecule has 0 N–H and O–H groups in total. The maximum absolute atomic E-state index is 10.8. The van der Waals surface area contributed by atoms with Crippen LogP contribution in [0.15, 0.2) is 12.7 Å². The predicted molar refractivity (Wildman–Crippen MR) is 50.1 cm³/mol. The van der Waals surface area contributed by atoms with Gasteiger partial charge in [-0.3, -0.25) is 9.69 Å². The lowest BCUT2D eigenvalue weighted by Gasteiger charge is -2.25. The molecule has 3 nitrogen and oxygen atoms in total. The van der Waals surface area contributed by atoms with E-state index in [9.17, 15) is 4.79 Å². The Labute approximate surface area is 76.8 Å². The van der Waals surface area contributed by atoms with Gasteiger partial charge in [-0.25, -0.2) is 0 Å². The topological polar surface area (TPSA) is 29.5 Å². The third kappa shape index (κ3) is 3.38. The molecule has 12 heavy (non-hydrogen) atoms. The highest BCUT2D eigenvalue weighted by atomic mass is 32.2. The molecule has 1 heterocycles. The molecule has 1 aliphatic rings. The highest BCUT2D eigenvalue weighted by Crippen LogP contribution is 2.07. The van der Waals surface area contributed by atoms with Crippen molar-refractivity contribution in [1.82, 2.24) is 4.90 Å². The van der Waals surface area contributed by atoms with Crippen LogP contribution in [-0.4, -0.2) is 42.2 Å². The fraction of sp³-hybridized carbons (Fsp3) is 0.625. The van der Waals surface area contributed by atoms with E-state index in [0.29, 0.717) is 0 Å². The molecule has 0 aliphatic carbocycles. The van der Waals surface area contributed by atoms with Crippen LogP contribution in [0.1, 0.15) is 0 Å².